The Morgan fingerprint density at radius 1 is 1.13 bits per heavy atom. The Morgan fingerprint density at radius 2 is 2.04 bits per heavy atom. The SMILES string of the molecule is O=C(NCc1ccc2c(c1)CCCS2)c1ccc2c(c1)OCO2. The van der Waals surface area contributed by atoms with Crippen LogP contribution in [0.4, 0.5) is 0 Å². The van der Waals surface area contributed by atoms with E-state index in [0.29, 0.717) is 23.6 Å². The molecule has 0 saturated carbocycles. The number of benzene rings is 2. The van der Waals surface area contributed by atoms with Gasteiger partial charge in [-0.25, -0.2) is 0 Å². The molecule has 5 heteroatoms. The summed E-state index contributed by atoms with van der Waals surface area (Å²) in [6, 6.07) is 11.7. The Hall–Kier alpha value is -2.14. The molecule has 1 amide bonds. The first kappa shape index (κ1) is 14.5. The van der Waals surface area contributed by atoms with Crippen LogP contribution in [0.5, 0.6) is 11.5 Å². The van der Waals surface area contributed by atoms with Gasteiger partial charge in [-0.2, -0.15) is 0 Å². The van der Waals surface area contributed by atoms with Gasteiger partial charge in [0, 0.05) is 17.0 Å². The predicted molar refractivity (Wildman–Crippen MR) is 89.2 cm³/mol. The van der Waals surface area contributed by atoms with Crippen LogP contribution in [0.3, 0.4) is 0 Å². The molecular formula is C18H17NO3S. The van der Waals surface area contributed by atoms with Gasteiger partial charge in [0.15, 0.2) is 11.5 Å². The molecule has 4 nitrogen and oxygen atoms in total. The summed E-state index contributed by atoms with van der Waals surface area (Å²) in [6.07, 6.45) is 2.36. The van der Waals surface area contributed by atoms with Crippen LogP contribution in [-0.4, -0.2) is 18.5 Å². The van der Waals surface area contributed by atoms with Crippen molar-refractivity contribution in [3.63, 3.8) is 0 Å². The fourth-order valence-electron chi connectivity index (χ4n) is 2.85. The van der Waals surface area contributed by atoms with Crippen molar-refractivity contribution in [3.05, 3.63) is 53.1 Å². The zero-order valence-corrected chi connectivity index (χ0v) is 13.4. The molecule has 2 aliphatic rings. The van der Waals surface area contributed by atoms with Crippen LogP contribution in [-0.2, 0) is 13.0 Å². The van der Waals surface area contributed by atoms with E-state index < -0.39 is 0 Å². The topological polar surface area (TPSA) is 47.6 Å². The zero-order chi connectivity index (χ0) is 15.6. The number of ether oxygens (including phenoxy) is 2. The number of nitrogens with one attached hydrogen (secondary N) is 1. The normalized spacial score (nSPS) is 15.1. The van der Waals surface area contributed by atoms with E-state index in [1.54, 1.807) is 18.2 Å². The average molecular weight is 327 g/mol. The maximum absolute atomic E-state index is 12.3. The van der Waals surface area contributed by atoms with Crippen molar-refractivity contribution in [3.8, 4) is 11.5 Å². The van der Waals surface area contributed by atoms with Gasteiger partial charge in [0.05, 0.1) is 0 Å². The van der Waals surface area contributed by atoms with Gasteiger partial charge in [-0.05, 0) is 54.0 Å². The van der Waals surface area contributed by atoms with E-state index in [4.69, 9.17) is 9.47 Å². The van der Waals surface area contributed by atoms with E-state index in [-0.39, 0.29) is 12.7 Å². The van der Waals surface area contributed by atoms with Crippen LogP contribution in [0.15, 0.2) is 41.3 Å². The third-order valence-electron chi connectivity index (χ3n) is 4.06. The van der Waals surface area contributed by atoms with Crippen molar-refractivity contribution in [2.24, 2.45) is 0 Å². The van der Waals surface area contributed by atoms with Gasteiger partial charge in [-0.3, -0.25) is 4.79 Å². The maximum Gasteiger partial charge on any atom is 0.251 e. The Morgan fingerprint density at radius 3 is 3.00 bits per heavy atom. The Bertz CT molecular complexity index is 760. The minimum absolute atomic E-state index is 0.101. The zero-order valence-electron chi connectivity index (χ0n) is 12.6. The van der Waals surface area contributed by atoms with Crippen LogP contribution >= 0.6 is 11.8 Å². The van der Waals surface area contributed by atoms with Gasteiger partial charge < -0.3 is 14.8 Å². The van der Waals surface area contributed by atoms with Crippen molar-refractivity contribution >= 4 is 17.7 Å². The van der Waals surface area contributed by atoms with E-state index in [2.05, 4.69) is 23.5 Å². The van der Waals surface area contributed by atoms with Crippen LogP contribution in [0.1, 0.15) is 27.9 Å². The Kier molecular flexibility index (Phi) is 3.87. The molecular weight excluding hydrogens is 310 g/mol. The molecule has 0 radical (unpaired) electrons. The molecule has 1 N–H and O–H groups in total. The minimum Gasteiger partial charge on any atom is -0.454 e. The predicted octanol–water partition coefficient (Wildman–Crippen LogP) is 3.38. The van der Waals surface area contributed by atoms with Crippen LogP contribution in [0.2, 0.25) is 0 Å². The van der Waals surface area contributed by atoms with Gasteiger partial charge in [0.25, 0.3) is 5.91 Å². The standard InChI is InChI=1S/C18H17NO3S/c20-18(14-4-5-15-16(9-14)22-11-21-15)19-10-12-3-6-17-13(8-12)2-1-7-23-17/h3-6,8-9H,1-2,7,10-11H2,(H,19,20). The molecule has 2 heterocycles. The lowest BCUT2D eigenvalue weighted by Crippen LogP contribution is -2.22. The number of hydrogen-bond acceptors (Lipinski definition) is 4. The number of fused-ring (bicyclic) bond motifs is 2. The number of aryl methyl sites for hydroxylation is 1. The number of rotatable bonds is 3. The third kappa shape index (κ3) is 3.01. The van der Waals surface area contributed by atoms with Gasteiger partial charge in [0.1, 0.15) is 0 Å². The quantitative estimate of drug-likeness (QED) is 0.939. The van der Waals surface area contributed by atoms with Crippen molar-refractivity contribution in [1.29, 1.82) is 0 Å². The highest BCUT2D eigenvalue weighted by molar-refractivity contribution is 7.99. The summed E-state index contributed by atoms with van der Waals surface area (Å²) in [5.74, 6) is 2.42. The Balaban J connectivity index is 1.43. The minimum atomic E-state index is -0.101. The lowest BCUT2D eigenvalue weighted by atomic mass is 10.1. The second-order valence-corrected chi connectivity index (χ2v) is 6.78. The molecule has 0 saturated heterocycles. The van der Waals surface area contributed by atoms with Crippen molar-refractivity contribution in [2.75, 3.05) is 12.5 Å². The van der Waals surface area contributed by atoms with Crippen LogP contribution in [0, 0.1) is 0 Å². The van der Waals surface area contributed by atoms with Crippen LogP contribution in [0.25, 0.3) is 0 Å². The van der Waals surface area contributed by atoms with Crippen molar-refractivity contribution < 1.29 is 14.3 Å². The number of amides is 1. The molecule has 2 aromatic rings. The molecule has 0 aliphatic carbocycles. The van der Waals surface area contributed by atoms with Crippen molar-refractivity contribution in [1.82, 2.24) is 5.32 Å². The molecule has 0 atom stereocenters. The van der Waals surface area contributed by atoms with E-state index in [1.165, 1.54) is 22.6 Å². The molecule has 2 aliphatic heterocycles. The monoisotopic (exact) mass is 327 g/mol. The largest absolute Gasteiger partial charge is 0.454 e. The summed E-state index contributed by atoms with van der Waals surface area (Å²) in [5.41, 5.74) is 3.12. The third-order valence-corrected chi connectivity index (χ3v) is 5.26. The van der Waals surface area contributed by atoms with E-state index in [1.807, 2.05) is 11.8 Å². The first-order valence-corrected chi connectivity index (χ1v) is 8.70. The number of hydrogen-bond donors (Lipinski definition) is 1. The average Bonchev–Trinajstić information content (AvgIpc) is 3.07. The summed E-state index contributed by atoms with van der Waals surface area (Å²) in [4.78, 5) is 13.7. The summed E-state index contributed by atoms with van der Waals surface area (Å²) in [5, 5.41) is 2.97. The Labute approximate surface area is 139 Å². The second-order valence-electron chi connectivity index (χ2n) is 5.64. The summed E-state index contributed by atoms with van der Waals surface area (Å²) in [7, 11) is 0. The lowest BCUT2D eigenvalue weighted by Gasteiger charge is -2.16. The fraction of sp³-hybridized carbons (Fsp3) is 0.278. The van der Waals surface area contributed by atoms with Gasteiger partial charge in [0.2, 0.25) is 6.79 Å². The van der Waals surface area contributed by atoms with Crippen LogP contribution < -0.4 is 14.8 Å². The maximum atomic E-state index is 12.3. The summed E-state index contributed by atoms with van der Waals surface area (Å²) < 4.78 is 10.6. The number of thioether (sulfide) groups is 1. The molecule has 118 valence electrons. The smallest absolute Gasteiger partial charge is 0.251 e. The molecule has 0 spiro atoms. The summed E-state index contributed by atoms with van der Waals surface area (Å²) >= 11 is 1.92. The van der Waals surface area contributed by atoms with Crippen molar-refractivity contribution in [2.45, 2.75) is 24.3 Å². The number of carbonyl (C=O) groups is 1. The number of carbonyl (C=O) groups excluding carboxylic acids is 1. The highest BCUT2D eigenvalue weighted by Crippen LogP contribution is 2.32. The molecule has 0 fully saturated rings. The molecule has 0 aromatic heterocycles. The molecule has 2 aromatic carbocycles. The molecule has 4 rings (SSSR count). The second kappa shape index (κ2) is 6.16. The summed E-state index contributed by atoms with van der Waals surface area (Å²) in [6.45, 7) is 0.749. The highest BCUT2D eigenvalue weighted by atomic mass is 32.2. The molecule has 0 bridgehead atoms. The van der Waals surface area contributed by atoms with Gasteiger partial charge in [-0.15, -0.1) is 11.8 Å². The van der Waals surface area contributed by atoms with Gasteiger partial charge >= 0.3 is 0 Å². The van der Waals surface area contributed by atoms with E-state index in [0.717, 1.165) is 12.0 Å². The molecule has 23 heavy (non-hydrogen) atoms. The first-order valence-electron chi connectivity index (χ1n) is 7.72. The lowest BCUT2D eigenvalue weighted by molar-refractivity contribution is 0.0950. The fourth-order valence-corrected chi connectivity index (χ4v) is 3.87. The highest BCUT2D eigenvalue weighted by Gasteiger charge is 2.16. The van der Waals surface area contributed by atoms with Gasteiger partial charge in [-0.1, -0.05) is 12.1 Å². The van der Waals surface area contributed by atoms with E-state index in [9.17, 15) is 4.79 Å². The first-order chi connectivity index (χ1) is 11.3. The molecule has 0 unspecified atom stereocenters. The van der Waals surface area contributed by atoms with E-state index >= 15 is 0 Å².